The first kappa shape index (κ1) is 28.9. The van der Waals surface area contributed by atoms with E-state index in [4.69, 9.17) is 4.74 Å². The van der Waals surface area contributed by atoms with Gasteiger partial charge in [0.1, 0.15) is 11.6 Å². The molecule has 0 spiro atoms. The second kappa shape index (κ2) is 11.3. The molecule has 2 aromatic carbocycles. The van der Waals surface area contributed by atoms with Crippen molar-refractivity contribution in [2.45, 2.75) is 25.1 Å². The molecule has 3 aromatic rings. The summed E-state index contributed by atoms with van der Waals surface area (Å²) >= 11 is 1.51. The lowest BCUT2D eigenvalue weighted by Crippen LogP contribution is -2.47. The lowest BCUT2D eigenvalue weighted by Gasteiger charge is -2.30. The van der Waals surface area contributed by atoms with E-state index in [1.54, 1.807) is 0 Å². The zero-order chi connectivity index (χ0) is 29.5. The minimum atomic E-state index is -4.95. The average molecular weight is 595 g/mol. The normalized spacial score (nSPS) is 22.8. The number of fused-ring (bicyclic) bond motifs is 2. The highest BCUT2D eigenvalue weighted by molar-refractivity contribution is 7.10. The van der Waals surface area contributed by atoms with Crippen LogP contribution in [0.15, 0.2) is 53.4 Å². The van der Waals surface area contributed by atoms with Gasteiger partial charge in [0.15, 0.2) is 17.4 Å². The number of benzene rings is 2. The van der Waals surface area contributed by atoms with Crippen LogP contribution in [0, 0.1) is 35.2 Å². The predicted molar refractivity (Wildman–Crippen MR) is 141 cm³/mol. The van der Waals surface area contributed by atoms with Crippen LogP contribution < -0.4 is 15.4 Å². The van der Waals surface area contributed by atoms with Crippen LogP contribution in [0.25, 0.3) is 6.08 Å². The summed E-state index contributed by atoms with van der Waals surface area (Å²) in [6.45, 7) is -0.333. The number of nitrogens with one attached hydrogen (secondary N) is 2. The summed E-state index contributed by atoms with van der Waals surface area (Å²) in [5.74, 6) is -6.34. The molecule has 0 saturated heterocycles. The smallest absolute Gasteiger partial charge is 0.419 e. The molecule has 2 unspecified atom stereocenters. The van der Waals surface area contributed by atoms with Crippen LogP contribution in [0.4, 0.5) is 32.0 Å². The van der Waals surface area contributed by atoms with Crippen molar-refractivity contribution in [2.75, 3.05) is 19.0 Å². The van der Waals surface area contributed by atoms with Crippen molar-refractivity contribution >= 4 is 34.8 Å². The molecule has 2 aliphatic carbocycles. The lowest BCUT2D eigenvalue weighted by molar-refractivity contribution is -0.140. The molecule has 216 valence electrons. The van der Waals surface area contributed by atoms with Crippen LogP contribution in [0.2, 0.25) is 0 Å². The first-order chi connectivity index (χ1) is 19.5. The maximum atomic E-state index is 13.9. The number of methoxy groups -OCH3 is 1. The van der Waals surface area contributed by atoms with Crippen LogP contribution in [-0.2, 0) is 11.0 Å². The van der Waals surface area contributed by atoms with Crippen molar-refractivity contribution < 1.29 is 40.7 Å². The topological polar surface area (TPSA) is 67.4 Å². The van der Waals surface area contributed by atoms with Crippen molar-refractivity contribution in [1.29, 1.82) is 0 Å². The van der Waals surface area contributed by atoms with Gasteiger partial charge < -0.3 is 15.4 Å². The Morgan fingerprint density at radius 3 is 2.44 bits per heavy atom. The fourth-order valence-corrected chi connectivity index (χ4v) is 6.55. The minimum absolute atomic E-state index is 0.145. The average Bonchev–Trinajstić information content (AvgIpc) is 3.65. The highest BCUT2D eigenvalue weighted by atomic mass is 32.1. The molecule has 1 aromatic heterocycles. The molecule has 2 saturated carbocycles. The van der Waals surface area contributed by atoms with E-state index >= 15 is 0 Å². The largest absolute Gasteiger partial charge is 0.496 e. The SMILES string of the molecule is COc1cc(F)c(F)cc1C(=O)CN[C@@H]1C2CCC(/C2=C/c2cccs2)[C@@H]1C(=O)Nc1ccc(F)c(C(F)(F)F)c1. The summed E-state index contributed by atoms with van der Waals surface area (Å²) in [5.41, 5.74) is -0.902. The molecule has 1 heterocycles. The number of alkyl halides is 3. The summed E-state index contributed by atoms with van der Waals surface area (Å²) in [6, 6.07) is 6.99. The van der Waals surface area contributed by atoms with E-state index in [0.717, 1.165) is 28.6 Å². The quantitative estimate of drug-likeness (QED) is 0.225. The van der Waals surface area contributed by atoms with Gasteiger partial charge in [-0.05, 0) is 66.5 Å². The van der Waals surface area contributed by atoms with Crippen molar-refractivity contribution in [3.8, 4) is 5.75 Å². The van der Waals surface area contributed by atoms with E-state index in [1.807, 2.05) is 23.6 Å². The number of halogens is 6. The predicted octanol–water partition coefficient (Wildman–Crippen LogP) is 6.71. The van der Waals surface area contributed by atoms with Gasteiger partial charge in [-0.15, -0.1) is 11.3 Å². The number of ether oxygens (including phenoxy) is 1. The molecule has 2 fully saturated rings. The summed E-state index contributed by atoms with van der Waals surface area (Å²) in [6.07, 6.45) is -1.59. The maximum absolute atomic E-state index is 13.9. The number of rotatable bonds is 8. The molecule has 1 amide bonds. The van der Waals surface area contributed by atoms with E-state index in [1.165, 1.54) is 18.4 Å². The molecule has 4 atom stereocenters. The van der Waals surface area contributed by atoms with E-state index in [9.17, 15) is 35.9 Å². The summed E-state index contributed by atoms with van der Waals surface area (Å²) in [4.78, 5) is 27.6. The monoisotopic (exact) mass is 594 g/mol. The van der Waals surface area contributed by atoms with Gasteiger partial charge in [0.2, 0.25) is 5.91 Å². The number of carbonyl (C=O) groups excluding carboxylic acids is 2. The van der Waals surface area contributed by atoms with E-state index in [2.05, 4.69) is 10.6 Å². The van der Waals surface area contributed by atoms with Gasteiger partial charge in [-0.2, -0.15) is 13.2 Å². The number of carbonyl (C=O) groups is 2. The third-order valence-corrected chi connectivity index (χ3v) is 8.45. The zero-order valence-electron chi connectivity index (χ0n) is 21.5. The van der Waals surface area contributed by atoms with Crippen LogP contribution in [0.3, 0.4) is 0 Å². The molecule has 5 nitrogen and oxygen atoms in total. The Hall–Kier alpha value is -3.64. The molecule has 0 aliphatic heterocycles. The molecule has 0 radical (unpaired) electrons. The van der Waals surface area contributed by atoms with Crippen LogP contribution in [-0.4, -0.2) is 31.4 Å². The summed E-state index contributed by atoms with van der Waals surface area (Å²) in [5, 5.41) is 7.52. The lowest BCUT2D eigenvalue weighted by atomic mass is 9.83. The Bertz CT molecular complexity index is 1500. The number of anilines is 1. The Morgan fingerprint density at radius 2 is 1.76 bits per heavy atom. The number of hydrogen-bond acceptors (Lipinski definition) is 5. The van der Waals surface area contributed by atoms with Crippen molar-refractivity contribution in [3.05, 3.63) is 86.9 Å². The van der Waals surface area contributed by atoms with E-state index < -0.39 is 52.8 Å². The van der Waals surface area contributed by atoms with Gasteiger partial charge in [-0.1, -0.05) is 11.6 Å². The fourth-order valence-electron chi connectivity index (χ4n) is 5.88. The number of hydrogen-bond donors (Lipinski definition) is 2. The Morgan fingerprint density at radius 1 is 1.02 bits per heavy atom. The molecule has 12 heteroatoms. The van der Waals surface area contributed by atoms with Gasteiger partial charge in [0, 0.05) is 22.7 Å². The maximum Gasteiger partial charge on any atom is 0.419 e. The first-order valence-electron chi connectivity index (χ1n) is 12.7. The second-order valence-corrected chi connectivity index (χ2v) is 10.9. The third-order valence-electron chi connectivity index (χ3n) is 7.63. The van der Waals surface area contributed by atoms with Crippen molar-refractivity contribution in [1.82, 2.24) is 5.32 Å². The van der Waals surface area contributed by atoms with Gasteiger partial charge in [-0.3, -0.25) is 9.59 Å². The number of amides is 1. The van der Waals surface area contributed by atoms with Crippen LogP contribution in [0.1, 0.15) is 33.6 Å². The molecule has 2 N–H and O–H groups in total. The Kier molecular flexibility index (Phi) is 7.97. The number of Topliss-reactive ketones (excluding diaryl/α,β-unsaturated/α-hetero) is 1. The number of ketones is 1. The fraction of sp³-hybridized carbons (Fsp3) is 0.310. The Labute approximate surface area is 235 Å². The molecular weight excluding hydrogens is 570 g/mol. The van der Waals surface area contributed by atoms with Gasteiger partial charge >= 0.3 is 6.18 Å². The zero-order valence-corrected chi connectivity index (χ0v) is 22.3. The standard InChI is InChI=1S/C29H24F6N2O3S/c1-40-25-12-23(32)22(31)11-19(25)24(38)13-36-27-17-6-5-16(18(17)10-15-3-2-8-41-15)26(27)28(39)37-14-4-7-21(30)20(9-14)29(33,34)35/h2-4,7-12,16-17,26-27,36H,5-6,13H2,1H3,(H,37,39)/b18-10-/t16?,17?,26-,27+/m0/s1. The molecule has 2 bridgehead atoms. The first-order valence-corrected chi connectivity index (χ1v) is 13.6. The van der Waals surface area contributed by atoms with Crippen LogP contribution >= 0.6 is 11.3 Å². The van der Waals surface area contributed by atoms with Gasteiger partial charge in [-0.25, -0.2) is 13.2 Å². The van der Waals surface area contributed by atoms with Crippen molar-refractivity contribution in [2.24, 2.45) is 17.8 Å². The summed E-state index contributed by atoms with van der Waals surface area (Å²) in [7, 11) is 1.22. The highest BCUT2D eigenvalue weighted by Crippen LogP contribution is 2.53. The highest BCUT2D eigenvalue weighted by Gasteiger charge is 2.54. The third kappa shape index (κ3) is 5.76. The van der Waals surface area contributed by atoms with Crippen molar-refractivity contribution in [3.63, 3.8) is 0 Å². The molecule has 41 heavy (non-hydrogen) atoms. The van der Waals surface area contributed by atoms with E-state index in [-0.39, 0.29) is 35.4 Å². The molecular formula is C29H24F6N2O3S. The van der Waals surface area contributed by atoms with Gasteiger partial charge in [0.05, 0.1) is 30.7 Å². The molecule has 2 aliphatic rings. The molecule has 5 rings (SSSR count). The number of thiophene rings is 1. The van der Waals surface area contributed by atoms with E-state index in [0.29, 0.717) is 25.0 Å². The summed E-state index contributed by atoms with van der Waals surface area (Å²) < 4.78 is 86.1. The Balaban J connectivity index is 1.42. The van der Waals surface area contributed by atoms with Crippen LogP contribution in [0.5, 0.6) is 5.75 Å². The minimum Gasteiger partial charge on any atom is -0.496 e. The van der Waals surface area contributed by atoms with Gasteiger partial charge in [0.25, 0.3) is 0 Å². The second-order valence-electron chi connectivity index (χ2n) is 9.95.